The van der Waals surface area contributed by atoms with Crippen LogP contribution in [0.25, 0.3) is 10.2 Å². The molecule has 1 amide bonds. The van der Waals surface area contributed by atoms with Gasteiger partial charge in [-0.2, -0.15) is 0 Å². The molecule has 0 spiro atoms. The van der Waals surface area contributed by atoms with Crippen molar-refractivity contribution in [3.05, 3.63) is 22.0 Å². The molecule has 0 radical (unpaired) electrons. The molecule has 0 saturated carbocycles. The topological polar surface area (TPSA) is 64.1 Å². The Morgan fingerprint density at radius 2 is 2.14 bits per heavy atom. The predicted molar refractivity (Wildman–Crippen MR) is 87.5 cm³/mol. The molecule has 1 aliphatic rings. The van der Waals surface area contributed by atoms with Gasteiger partial charge in [-0.15, -0.1) is 11.3 Å². The maximum absolute atomic E-state index is 12.6. The lowest BCUT2D eigenvalue weighted by Crippen LogP contribution is -2.40. The van der Waals surface area contributed by atoms with Gasteiger partial charge in [0.25, 0.3) is 5.91 Å². The van der Waals surface area contributed by atoms with Crippen molar-refractivity contribution in [1.29, 1.82) is 0 Å². The van der Waals surface area contributed by atoms with E-state index in [4.69, 9.17) is 4.74 Å². The first kappa shape index (κ1) is 15.4. The number of hydrogen-bond acceptors (Lipinski definition) is 5. The first-order chi connectivity index (χ1) is 10.5. The molecule has 0 aromatic carbocycles. The van der Waals surface area contributed by atoms with Gasteiger partial charge in [-0.25, -0.2) is 9.97 Å². The van der Waals surface area contributed by atoms with Crippen molar-refractivity contribution >= 4 is 27.5 Å². The van der Waals surface area contributed by atoms with Crippen LogP contribution in [0.2, 0.25) is 0 Å². The number of amides is 1. The normalized spacial score (nSPS) is 19.5. The Labute approximate surface area is 134 Å². The molecule has 3 heterocycles. The average molecular weight is 319 g/mol. The molecule has 22 heavy (non-hydrogen) atoms. The van der Waals surface area contributed by atoms with Crippen LogP contribution in [-0.2, 0) is 4.74 Å². The first-order valence-corrected chi connectivity index (χ1v) is 8.46. The first-order valence-electron chi connectivity index (χ1n) is 7.64. The molecule has 6 heteroatoms. The molecule has 1 aliphatic heterocycles. The molecule has 2 aromatic heterocycles. The number of rotatable bonds is 3. The summed E-state index contributed by atoms with van der Waals surface area (Å²) in [6.07, 6.45) is 2.21. The molecular weight excluding hydrogens is 298 g/mol. The molecule has 5 nitrogen and oxygen atoms in total. The zero-order valence-electron chi connectivity index (χ0n) is 13.4. The molecule has 2 atom stereocenters. The number of ether oxygens (including phenoxy) is 1. The summed E-state index contributed by atoms with van der Waals surface area (Å²) in [5.41, 5.74) is 1.90. The third-order valence-corrected chi connectivity index (χ3v) is 5.35. The van der Waals surface area contributed by atoms with Crippen LogP contribution in [0.3, 0.4) is 0 Å². The summed E-state index contributed by atoms with van der Waals surface area (Å²) >= 11 is 1.44. The molecular formula is C16H21N3O2S. The van der Waals surface area contributed by atoms with Crippen molar-refractivity contribution < 1.29 is 9.53 Å². The van der Waals surface area contributed by atoms with Crippen LogP contribution in [0.1, 0.15) is 46.5 Å². The fourth-order valence-electron chi connectivity index (χ4n) is 3.05. The van der Waals surface area contributed by atoms with Gasteiger partial charge in [-0.3, -0.25) is 4.79 Å². The van der Waals surface area contributed by atoms with Gasteiger partial charge in [0.05, 0.1) is 17.0 Å². The van der Waals surface area contributed by atoms with Gasteiger partial charge in [0.15, 0.2) is 0 Å². The SMILES string of the molecule is Cc1nc(C)c2c(C)c(C(=O)N[C@H](C)[C@@H]3CCCO3)sc2n1. The molecule has 0 bridgehead atoms. The Morgan fingerprint density at radius 3 is 2.82 bits per heavy atom. The van der Waals surface area contributed by atoms with E-state index in [1.807, 2.05) is 27.7 Å². The van der Waals surface area contributed by atoms with Crippen molar-refractivity contribution in [3.63, 3.8) is 0 Å². The summed E-state index contributed by atoms with van der Waals surface area (Å²) in [7, 11) is 0. The van der Waals surface area contributed by atoms with E-state index in [9.17, 15) is 4.79 Å². The van der Waals surface area contributed by atoms with E-state index in [2.05, 4.69) is 15.3 Å². The fraction of sp³-hybridized carbons (Fsp3) is 0.562. The van der Waals surface area contributed by atoms with Crippen molar-refractivity contribution in [1.82, 2.24) is 15.3 Å². The van der Waals surface area contributed by atoms with E-state index in [1.165, 1.54) is 11.3 Å². The largest absolute Gasteiger partial charge is 0.376 e. The Bertz CT molecular complexity index is 720. The second-order valence-electron chi connectivity index (χ2n) is 5.91. The van der Waals surface area contributed by atoms with E-state index < -0.39 is 0 Å². The van der Waals surface area contributed by atoms with Crippen molar-refractivity contribution in [2.45, 2.75) is 52.7 Å². The molecule has 2 aromatic rings. The molecule has 1 saturated heterocycles. The van der Waals surface area contributed by atoms with Gasteiger partial charge in [0.2, 0.25) is 0 Å². The number of nitrogens with zero attached hydrogens (tertiary/aromatic N) is 2. The van der Waals surface area contributed by atoms with Crippen LogP contribution >= 0.6 is 11.3 Å². The Morgan fingerprint density at radius 1 is 1.36 bits per heavy atom. The summed E-state index contributed by atoms with van der Waals surface area (Å²) in [6.45, 7) is 8.61. The highest BCUT2D eigenvalue weighted by Crippen LogP contribution is 2.31. The second-order valence-corrected chi connectivity index (χ2v) is 6.91. The molecule has 1 fully saturated rings. The van der Waals surface area contributed by atoms with Gasteiger partial charge in [0, 0.05) is 17.7 Å². The second kappa shape index (κ2) is 5.93. The van der Waals surface area contributed by atoms with E-state index in [1.54, 1.807) is 0 Å². The maximum Gasteiger partial charge on any atom is 0.262 e. The minimum atomic E-state index is -0.0412. The Balaban J connectivity index is 1.87. The van der Waals surface area contributed by atoms with E-state index in [-0.39, 0.29) is 18.1 Å². The smallest absolute Gasteiger partial charge is 0.262 e. The van der Waals surface area contributed by atoms with Gasteiger partial charge >= 0.3 is 0 Å². The number of nitrogens with one attached hydrogen (secondary N) is 1. The summed E-state index contributed by atoms with van der Waals surface area (Å²) in [4.78, 5) is 23.1. The van der Waals surface area contributed by atoms with E-state index in [0.717, 1.165) is 51.6 Å². The Kier molecular flexibility index (Phi) is 4.14. The van der Waals surface area contributed by atoms with Crippen molar-refractivity contribution in [2.24, 2.45) is 0 Å². The third kappa shape index (κ3) is 2.73. The third-order valence-electron chi connectivity index (χ3n) is 4.17. The Hall–Kier alpha value is -1.53. The van der Waals surface area contributed by atoms with Gasteiger partial charge < -0.3 is 10.1 Å². The van der Waals surface area contributed by atoms with Crippen LogP contribution in [-0.4, -0.2) is 34.6 Å². The number of thiophene rings is 1. The average Bonchev–Trinajstić information content (AvgIpc) is 3.06. The van der Waals surface area contributed by atoms with Crippen molar-refractivity contribution in [3.8, 4) is 0 Å². The van der Waals surface area contributed by atoms with Crippen LogP contribution in [0, 0.1) is 20.8 Å². The molecule has 3 rings (SSSR count). The van der Waals surface area contributed by atoms with Crippen LogP contribution in [0.5, 0.6) is 0 Å². The number of fused-ring (bicyclic) bond motifs is 1. The molecule has 1 N–H and O–H groups in total. The lowest BCUT2D eigenvalue weighted by Gasteiger charge is -2.19. The minimum Gasteiger partial charge on any atom is -0.376 e. The lowest BCUT2D eigenvalue weighted by molar-refractivity contribution is 0.0714. The van der Waals surface area contributed by atoms with Crippen LogP contribution in [0.4, 0.5) is 0 Å². The molecule has 0 unspecified atom stereocenters. The van der Waals surface area contributed by atoms with Crippen LogP contribution < -0.4 is 5.32 Å². The standard InChI is InChI=1S/C16H21N3O2S/c1-8-13-10(3)17-11(4)19-16(13)22-14(8)15(20)18-9(2)12-6-5-7-21-12/h9,12H,5-7H2,1-4H3,(H,18,20)/t9-,12+/m1/s1. The number of carbonyl (C=O) groups is 1. The highest BCUT2D eigenvalue weighted by molar-refractivity contribution is 7.20. The molecule has 0 aliphatic carbocycles. The molecule has 118 valence electrons. The fourth-order valence-corrected chi connectivity index (χ4v) is 4.23. The van der Waals surface area contributed by atoms with Gasteiger partial charge in [0.1, 0.15) is 10.7 Å². The monoisotopic (exact) mass is 319 g/mol. The zero-order valence-corrected chi connectivity index (χ0v) is 14.2. The van der Waals surface area contributed by atoms with Crippen molar-refractivity contribution in [2.75, 3.05) is 6.61 Å². The summed E-state index contributed by atoms with van der Waals surface area (Å²) < 4.78 is 5.64. The highest BCUT2D eigenvalue weighted by atomic mass is 32.1. The summed E-state index contributed by atoms with van der Waals surface area (Å²) in [5.74, 6) is 0.700. The lowest BCUT2D eigenvalue weighted by atomic mass is 10.1. The highest BCUT2D eigenvalue weighted by Gasteiger charge is 2.26. The summed E-state index contributed by atoms with van der Waals surface area (Å²) in [6, 6.07) is 0.0218. The zero-order chi connectivity index (χ0) is 15.9. The quantitative estimate of drug-likeness (QED) is 0.945. The summed E-state index contributed by atoms with van der Waals surface area (Å²) in [5, 5.41) is 4.08. The van der Waals surface area contributed by atoms with E-state index in [0.29, 0.717) is 0 Å². The van der Waals surface area contributed by atoms with E-state index >= 15 is 0 Å². The van der Waals surface area contributed by atoms with Crippen LogP contribution in [0.15, 0.2) is 0 Å². The van der Waals surface area contributed by atoms with Gasteiger partial charge in [-0.1, -0.05) is 0 Å². The number of aryl methyl sites for hydroxylation is 3. The predicted octanol–water partition coefficient (Wildman–Crippen LogP) is 2.91. The number of hydrogen-bond donors (Lipinski definition) is 1. The van der Waals surface area contributed by atoms with Gasteiger partial charge in [-0.05, 0) is 46.1 Å². The maximum atomic E-state index is 12.6. The number of carbonyl (C=O) groups excluding carboxylic acids is 1. The minimum absolute atomic E-state index is 0.0218. The number of aromatic nitrogens is 2.